The highest BCUT2D eigenvalue weighted by atomic mass is 19.1. The summed E-state index contributed by atoms with van der Waals surface area (Å²) in [6.07, 6.45) is -0.471. The smallest absolute Gasteiger partial charge is 0.130 e. The molecule has 1 aliphatic rings. The maximum atomic E-state index is 12.5. The molecule has 1 aliphatic carbocycles. The minimum absolute atomic E-state index is 0.346. The van der Waals surface area contributed by atoms with Gasteiger partial charge in [0.15, 0.2) is 0 Å². The van der Waals surface area contributed by atoms with Crippen molar-refractivity contribution >= 4 is 0 Å². The van der Waals surface area contributed by atoms with Crippen molar-refractivity contribution < 1.29 is 8.78 Å². The fourth-order valence-electron chi connectivity index (χ4n) is 1.22. The predicted octanol–water partition coefficient (Wildman–Crippen LogP) is 2.39. The number of benzene rings is 1. The number of hydrogen-bond donors (Lipinski definition) is 0. The van der Waals surface area contributed by atoms with Crippen LogP contribution in [-0.4, -0.2) is 0 Å². The average Bonchev–Trinajstić information content (AvgIpc) is 1.92. The summed E-state index contributed by atoms with van der Waals surface area (Å²) in [5.41, 5.74) is 1.47. The Hall–Kier alpha value is -0.920. The minimum atomic E-state index is -0.925. The van der Waals surface area contributed by atoms with E-state index in [1.165, 1.54) is 12.1 Å². The van der Waals surface area contributed by atoms with Gasteiger partial charge in [-0.15, -0.1) is 0 Å². The summed E-state index contributed by atoms with van der Waals surface area (Å²) in [4.78, 5) is 0. The molecule has 0 radical (unpaired) electrons. The quantitative estimate of drug-likeness (QED) is 0.519. The molecule has 0 bridgehead atoms. The van der Waals surface area contributed by atoms with Crippen molar-refractivity contribution in [2.24, 2.45) is 0 Å². The standard InChI is InChI=1S/C8H6F2/c9-6-2-1-5-3-8(10)7(5)4-6/h1-2,4,8H,3H2. The molecule has 0 amide bonds. The summed E-state index contributed by atoms with van der Waals surface area (Å²) in [5, 5.41) is 0. The van der Waals surface area contributed by atoms with Crippen LogP contribution in [0.1, 0.15) is 17.3 Å². The Kier molecular flexibility index (Phi) is 1.04. The monoisotopic (exact) mass is 140 g/mol. The Morgan fingerprint density at radius 2 is 2.20 bits per heavy atom. The van der Waals surface area contributed by atoms with Gasteiger partial charge in [0.2, 0.25) is 0 Å². The Labute approximate surface area is 57.5 Å². The van der Waals surface area contributed by atoms with Gasteiger partial charge in [-0.2, -0.15) is 0 Å². The molecular formula is C8H6F2. The molecule has 0 N–H and O–H groups in total. The highest BCUT2D eigenvalue weighted by Gasteiger charge is 2.25. The molecule has 0 fully saturated rings. The number of hydrogen-bond acceptors (Lipinski definition) is 0. The van der Waals surface area contributed by atoms with Crippen molar-refractivity contribution in [2.75, 3.05) is 0 Å². The molecule has 0 nitrogen and oxygen atoms in total. The second-order valence-corrected chi connectivity index (χ2v) is 2.51. The largest absolute Gasteiger partial charge is 0.242 e. The first-order chi connectivity index (χ1) is 4.77. The Morgan fingerprint density at radius 1 is 1.40 bits per heavy atom. The molecule has 10 heavy (non-hydrogen) atoms. The molecule has 0 spiro atoms. The van der Waals surface area contributed by atoms with E-state index in [-0.39, 0.29) is 5.82 Å². The maximum Gasteiger partial charge on any atom is 0.130 e. The summed E-state index contributed by atoms with van der Waals surface area (Å²) >= 11 is 0. The molecule has 0 saturated carbocycles. The van der Waals surface area contributed by atoms with Crippen molar-refractivity contribution in [3.05, 3.63) is 35.1 Å². The van der Waals surface area contributed by atoms with Crippen LogP contribution >= 0.6 is 0 Å². The predicted molar refractivity (Wildman–Crippen MR) is 34.0 cm³/mol. The Bertz CT molecular complexity index is 268. The van der Waals surface area contributed by atoms with Crippen molar-refractivity contribution in [3.8, 4) is 0 Å². The molecule has 2 rings (SSSR count). The van der Waals surface area contributed by atoms with Crippen molar-refractivity contribution in [3.63, 3.8) is 0 Å². The van der Waals surface area contributed by atoms with Crippen LogP contribution in [0.5, 0.6) is 0 Å². The van der Waals surface area contributed by atoms with Gasteiger partial charge < -0.3 is 0 Å². The molecular weight excluding hydrogens is 134 g/mol. The minimum Gasteiger partial charge on any atom is -0.242 e. The zero-order valence-electron chi connectivity index (χ0n) is 5.27. The third kappa shape index (κ3) is 0.649. The lowest BCUT2D eigenvalue weighted by atomic mass is 9.87. The SMILES string of the molecule is Fc1ccc2c(c1)C(F)C2. The van der Waals surface area contributed by atoms with E-state index in [2.05, 4.69) is 0 Å². The molecule has 1 atom stereocenters. The van der Waals surface area contributed by atoms with Crippen LogP contribution in [0.2, 0.25) is 0 Å². The molecule has 1 unspecified atom stereocenters. The third-order valence-electron chi connectivity index (χ3n) is 1.84. The summed E-state index contributed by atoms with van der Waals surface area (Å²) in [6, 6.07) is 4.27. The van der Waals surface area contributed by atoms with Gasteiger partial charge in [0.25, 0.3) is 0 Å². The van der Waals surface area contributed by atoms with E-state index in [4.69, 9.17) is 0 Å². The molecule has 2 heteroatoms. The van der Waals surface area contributed by atoms with Gasteiger partial charge in [0.05, 0.1) is 0 Å². The van der Waals surface area contributed by atoms with Crippen molar-refractivity contribution in [1.82, 2.24) is 0 Å². The highest BCUT2D eigenvalue weighted by Crippen LogP contribution is 2.35. The Morgan fingerprint density at radius 3 is 2.80 bits per heavy atom. The van der Waals surface area contributed by atoms with Gasteiger partial charge in [-0.1, -0.05) is 6.07 Å². The van der Waals surface area contributed by atoms with Gasteiger partial charge in [-0.25, -0.2) is 8.78 Å². The lowest BCUT2D eigenvalue weighted by Crippen LogP contribution is -2.12. The van der Waals surface area contributed by atoms with Crippen LogP contribution < -0.4 is 0 Å². The first-order valence-electron chi connectivity index (χ1n) is 3.20. The lowest BCUT2D eigenvalue weighted by Gasteiger charge is -2.22. The van der Waals surface area contributed by atoms with E-state index < -0.39 is 6.17 Å². The van der Waals surface area contributed by atoms with E-state index in [1.807, 2.05) is 0 Å². The van der Waals surface area contributed by atoms with Crippen LogP contribution in [0.25, 0.3) is 0 Å². The summed E-state index contributed by atoms with van der Waals surface area (Å²) < 4.78 is 24.9. The Balaban J connectivity index is 2.51. The zero-order valence-corrected chi connectivity index (χ0v) is 5.27. The van der Waals surface area contributed by atoms with Gasteiger partial charge in [-0.3, -0.25) is 0 Å². The second-order valence-electron chi connectivity index (χ2n) is 2.51. The van der Waals surface area contributed by atoms with Crippen molar-refractivity contribution in [1.29, 1.82) is 0 Å². The summed E-state index contributed by atoms with van der Waals surface area (Å²) in [5.74, 6) is -0.346. The molecule has 0 saturated heterocycles. The fraction of sp³-hybridized carbons (Fsp3) is 0.250. The van der Waals surface area contributed by atoms with Gasteiger partial charge in [0, 0.05) is 6.42 Å². The fourth-order valence-corrected chi connectivity index (χ4v) is 1.22. The second kappa shape index (κ2) is 1.78. The highest BCUT2D eigenvalue weighted by molar-refractivity contribution is 5.38. The number of halogens is 2. The molecule has 0 aromatic heterocycles. The number of rotatable bonds is 0. The molecule has 1 aromatic carbocycles. The zero-order chi connectivity index (χ0) is 7.14. The number of fused-ring (bicyclic) bond motifs is 1. The lowest BCUT2D eigenvalue weighted by molar-refractivity contribution is 0.304. The average molecular weight is 140 g/mol. The summed E-state index contributed by atoms with van der Waals surface area (Å²) in [6.45, 7) is 0. The van der Waals surface area contributed by atoms with Gasteiger partial charge >= 0.3 is 0 Å². The topological polar surface area (TPSA) is 0 Å². The molecule has 52 valence electrons. The van der Waals surface area contributed by atoms with E-state index in [9.17, 15) is 8.78 Å². The van der Waals surface area contributed by atoms with Crippen molar-refractivity contribution in [2.45, 2.75) is 12.6 Å². The molecule has 1 aromatic rings. The summed E-state index contributed by atoms with van der Waals surface area (Å²) in [7, 11) is 0. The van der Waals surface area contributed by atoms with E-state index in [1.54, 1.807) is 6.07 Å². The van der Waals surface area contributed by atoms with Crippen LogP contribution in [-0.2, 0) is 6.42 Å². The van der Waals surface area contributed by atoms with Crippen LogP contribution in [0.4, 0.5) is 8.78 Å². The maximum absolute atomic E-state index is 12.5. The number of alkyl halides is 1. The van der Waals surface area contributed by atoms with Gasteiger partial charge in [-0.05, 0) is 23.3 Å². The molecule has 0 aliphatic heterocycles. The van der Waals surface area contributed by atoms with Crippen LogP contribution in [0, 0.1) is 5.82 Å². The first kappa shape index (κ1) is 5.83. The normalized spacial score (nSPS) is 21.6. The molecule has 0 heterocycles. The first-order valence-corrected chi connectivity index (χ1v) is 3.20. The van der Waals surface area contributed by atoms with E-state index >= 15 is 0 Å². The van der Waals surface area contributed by atoms with E-state index in [0.717, 1.165) is 5.56 Å². The van der Waals surface area contributed by atoms with Crippen LogP contribution in [0.3, 0.4) is 0 Å². The van der Waals surface area contributed by atoms with Gasteiger partial charge in [0.1, 0.15) is 12.0 Å². The van der Waals surface area contributed by atoms with E-state index in [0.29, 0.717) is 12.0 Å². The van der Waals surface area contributed by atoms with Crippen LogP contribution in [0.15, 0.2) is 18.2 Å². The third-order valence-corrected chi connectivity index (χ3v) is 1.84.